The molecule has 8 heteroatoms. The van der Waals surface area contributed by atoms with Crippen LogP contribution in [0.2, 0.25) is 0 Å². The predicted molar refractivity (Wildman–Crippen MR) is 105 cm³/mol. The molecular weight excluding hydrogens is 376 g/mol. The molecule has 28 heavy (non-hydrogen) atoms. The van der Waals surface area contributed by atoms with Gasteiger partial charge in [0.1, 0.15) is 18.2 Å². The summed E-state index contributed by atoms with van der Waals surface area (Å²) in [6.07, 6.45) is 0. The SMILES string of the molecule is O=C(Cn1nnn(-c2cccs2)c1=O)OCc1ccc(-c2ccccc2)cc1. The lowest BCUT2D eigenvalue weighted by molar-refractivity contribution is -0.146. The highest BCUT2D eigenvalue weighted by atomic mass is 32.1. The molecule has 0 saturated carbocycles. The van der Waals surface area contributed by atoms with Gasteiger partial charge in [-0.25, -0.2) is 4.79 Å². The second-order valence-corrected chi connectivity index (χ2v) is 6.93. The van der Waals surface area contributed by atoms with E-state index in [9.17, 15) is 9.59 Å². The summed E-state index contributed by atoms with van der Waals surface area (Å²) < 4.78 is 7.40. The van der Waals surface area contributed by atoms with Crippen molar-refractivity contribution < 1.29 is 9.53 Å². The first kappa shape index (κ1) is 17.9. The van der Waals surface area contributed by atoms with Crippen LogP contribution in [-0.2, 0) is 22.7 Å². The molecule has 7 nitrogen and oxygen atoms in total. The fraction of sp³-hybridized carbons (Fsp3) is 0.100. The second kappa shape index (κ2) is 8.01. The van der Waals surface area contributed by atoms with Crippen LogP contribution in [0.3, 0.4) is 0 Å². The van der Waals surface area contributed by atoms with Gasteiger partial charge in [-0.3, -0.25) is 4.79 Å². The molecule has 4 rings (SSSR count). The number of esters is 1. The van der Waals surface area contributed by atoms with E-state index in [0.717, 1.165) is 26.1 Å². The van der Waals surface area contributed by atoms with Crippen molar-refractivity contribution in [3.63, 3.8) is 0 Å². The number of nitrogens with zero attached hydrogens (tertiary/aromatic N) is 4. The highest BCUT2D eigenvalue weighted by Gasteiger charge is 2.13. The maximum Gasteiger partial charge on any atom is 0.369 e. The molecule has 2 aromatic carbocycles. The number of ether oxygens (including phenoxy) is 1. The topological polar surface area (TPSA) is 79.0 Å². The molecule has 0 unspecified atom stereocenters. The molecule has 0 aliphatic heterocycles. The first-order valence-electron chi connectivity index (χ1n) is 8.57. The predicted octanol–water partition coefficient (Wildman–Crippen LogP) is 2.90. The van der Waals surface area contributed by atoms with Crippen molar-refractivity contribution in [2.75, 3.05) is 0 Å². The number of thiophene rings is 1. The van der Waals surface area contributed by atoms with Crippen molar-refractivity contribution >= 4 is 17.3 Å². The van der Waals surface area contributed by atoms with E-state index in [4.69, 9.17) is 4.74 Å². The van der Waals surface area contributed by atoms with Crippen LogP contribution < -0.4 is 5.69 Å². The highest BCUT2D eigenvalue weighted by molar-refractivity contribution is 7.12. The number of hydrogen-bond acceptors (Lipinski definition) is 6. The average Bonchev–Trinajstić information content (AvgIpc) is 3.38. The fourth-order valence-corrected chi connectivity index (χ4v) is 3.33. The Morgan fingerprint density at radius 2 is 1.68 bits per heavy atom. The van der Waals surface area contributed by atoms with E-state index in [-0.39, 0.29) is 13.2 Å². The molecule has 0 spiro atoms. The van der Waals surface area contributed by atoms with E-state index in [1.54, 1.807) is 6.07 Å². The van der Waals surface area contributed by atoms with Crippen molar-refractivity contribution in [2.24, 2.45) is 0 Å². The van der Waals surface area contributed by atoms with Gasteiger partial charge in [0.2, 0.25) is 0 Å². The smallest absolute Gasteiger partial charge is 0.369 e. The van der Waals surface area contributed by atoms with Gasteiger partial charge in [-0.05, 0) is 44.6 Å². The molecule has 4 aromatic rings. The number of hydrogen-bond donors (Lipinski definition) is 0. The average molecular weight is 392 g/mol. The largest absolute Gasteiger partial charge is 0.459 e. The van der Waals surface area contributed by atoms with E-state index in [1.807, 2.05) is 66.0 Å². The Morgan fingerprint density at radius 1 is 0.929 bits per heavy atom. The van der Waals surface area contributed by atoms with Crippen LogP contribution in [-0.4, -0.2) is 25.8 Å². The van der Waals surface area contributed by atoms with Crippen LogP contribution in [0.1, 0.15) is 5.56 Å². The lowest BCUT2D eigenvalue weighted by Gasteiger charge is -2.06. The molecular formula is C20H16N4O3S. The molecule has 0 aliphatic rings. The van der Waals surface area contributed by atoms with E-state index in [2.05, 4.69) is 10.4 Å². The second-order valence-electron chi connectivity index (χ2n) is 6.01. The summed E-state index contributed by atoms with van der Waals surface area (Å²) in [5.41, 5.74) is 2.60. The molecule has 0 amide bonds. The van der Waals surface area contributed by atoms with Crippen molar-refractivity contribution in [1.82, 2.24) is 19.8 Å². The number of aromatic nitrogens is 4. The Kier molecular flexibility index (Phi) is 5.11. The normalized spacial score (nSPS) is 10.7. The summed E-state index contributed by atoms with van der Waals surface area (Å²) in [5, 5.41) is 10.00. The molecule has 0 radical (unpaired) electrons. The van der Waals surface area contributed by atoms with Crippen LogP contribution in [0.4, 0.5) is 0 Å². The monoisotopic (exact) mass is 392 g/mol. The van der Waals surface area contributed by atoms with Gasteiger partial charge < -0.3 is 4.74 Å². The van der Waals surface area contributed by atoms with Crippen molar-refractivity contribution in [3.05, 3.63) is 88.2 Å². The van der Waals surface area contributed by atoms with Crippen LogP contribution in [0.25, 0.3) is 16.1 Å². The van der Waals surface area contributed by atoms with Crippen molar-refractivity contribution in [2.45, 2.75) is 13.2 Å². The van der Waals surface area contributed by atoms with Crippen molar-refractivity contribution in [1.29, 1.82) is 0 Å². The summed E-state index contributed by atoms with van der Waals surface area (Å²) >= 11 is 1.36. The Hall–Kier alpha value is -3.52. The van der Waals surface area contributed by atoms with E-state index in [0.29, 0.717) is 5.00 Å². The first-order valence-corrected chi connectivity index (χ1v) is 9.45. The van der Waals surface area contributed by atoms with Gasteiger partial charge in [-0.1, -0.05) is 54.6 Å². The summed E-state index contributed by atoms with van der Waals surface area (Å²) in [7, 11) is 0. The first-order chi connectivity index (χ1) is 13.7. The fourth-order valence-electron chi connectivity index (χ4n) is 2.66. The Bertz CT molecular complexity index is 1120. The molecule has 0 bridgehead atoms. The Morgan fingerprint density at radius 3 is 2.39 bits per heavy atom. The maximum atomic E-state index is 12.2. The van der Waals surface area contributed by atoms with Gasteiger partial charge in [0.25, 0.3) is 0 Å². The standard InChI is InChI=1S/C20H16N4O3S/c25-19(13-23-20(26)24(22-21-23)18-7-4-12-28-18)27-14-15-8-10-17(11-9-15)16-5-2-1-3-6-16/h1-12H,13-14H2. The lowest BCUT2D eigenvalue weighted by atomic mass is 10.0. The maximum absolute atomic E-state index is 12.2. The van der Waals surface area contributed by atoms with E-state index >= 15 is 0 Å². The number of carbonyl (C=O) groups excluding carboxylic acids is 1. The summed E-state index contributed by atoms with van der Waals surface area (Å²) in [4.78, 5) is 24.3. The summed E-state index contributed by atoms with van der Waals surface area (Å²) in [6.45, 7) is -0.159. The zero-order valence-corrected chi connectivity index (χ0v) is 15.6. The number of benzene rings is 2. The Balaban J connectivity index is 1.36. The van der Waals surface area contributed by atoms with Gasteiger partial charge >= 0.3 is 11.7 Å². The van der Waals surface area contributed by atoms with E-state index in [1.165, 1.54) is 11.3 Å². The lowest BCUT2D eigenvalue weighted by Crippen LogP contribution is -2.27. The molecule has 0 fully saturated rings. The number of carbonyl (C=O) groups is 1. The zero-order chi connectivity index (χ0) is 19.3. The van der Waals surface area contributed by atoms with Crippen LogP contribution in [0.5, 0.6) is 0 Å². The minimum Gasteiger partial charge on any atom is -0.459 e. The third kappa shape index (κ3) is 3.91. The minimum atomic E-state index is -0.549. The third-order valence-corrected chi connectivity index (χ3v) is 4.94. The summed E-state index contributed by atoms with van der Waals surface area (Å²) in [6, 6.07) is 21.4. The van der Waals surface area contributed by atoms with E-state index < -0.39 is 11.7 Å². The molecule has 2 aromatic heterocycles. The van der Waals surface area contributed by atoms with Gasteiger partial charge in [-0.2, -0.15) is 9.36 Å². The number of rotatable bonds is 6. The van der Waals surface area contributed by atoms with Crippen LogP contribution >= 0.6 is 11.3 Å². The quantitative estimate of drug-likeness (QED) is 0.472. The molecule has 0 saturated heterocycles. The molecule has 2 heterocycles. The van der Waals surface area contributed by atoms with Crippen LogP contribution in [0, 0.1) is 0 Å². The van der Waals surface area contributed by atoms with Gasteiger partial charge in [0.15, 0.2) is 0 Å². The van der Waals surface area contributed by atoms with Gasteiger partial charge in [0.05, 0.1) is 0 Å². The summed E-state index contributed by atoms with van der Waals surface area (Å²) in [5.74, 6) is -0.549. The Labute approximate surface area is 164 Å². The molecule has 0 aliphatic carbocycles. The van der Waals surface area contributed by atoms with Crippen LogP contribution in [0.15, 0.2) is 76.9 Å². The highest BCUT2D eigenvalue weighted by Crippen LogP contribution is 2.19. The zero-order valence-electron chi connectivity index (χ0n) is 14.8. The van der Waals surface area contributed by atoms with Gasteiger partial charge in [0, 0.05) is 0 Å². The molecule has 0 N–H and O–H groups in total. The molecule has 140 valence electrons. The van der Waals surface area contributed by atoms with Crippen molar-refractivity contribution in [3.8, 4) is 16.1 Å². The molecule has 0 atom stereocenters. The number of tetrazole rings is 1. The minimum absolute atomic E-state index is 0.127. The third-order valence-electron chi connectivity index (χ3n) is 4.09. The van der Waals surface area contributed by atoms with Gasteiger partial charge in [-0.15, -0.1) is 11.3 Å².